The highest BCUT2D eigenvalue weighted by atomic mass is 32.2. The Labute approximate surface area is 169 Å². The third-order valence-electron chi connectivity index (χ3n) is 4.54. The molecule has 1 amide bonds. The van der Waals surface area contributed by atoms with E-state index in [1.54, 1.807) is 25.1 Å². The van der Waals surface area contributed by atoms with Crippen LogP contribution in [0, 0.1) is 5.82 Å². The molecule has 0 aliphatic carbocycles. The first-order chi connectivity index (χ1) is 13.7. The molecule has 1 aliphatic heterocycles. The average molecular weight is 422 g/mol. The summed E-state index contributed by atoms with van der Waals surface area (Å²) in [5.74, 6) is 0.235. The second-order valence-electron chi connectivity index (χ2n) is 6.81. The van der Waals surface area contributed by atoms with Crippen LogP contribution in [-0.2, 0) is 21.4 Å². The first-order valence-corrected chi connectivity index (χ1v) is 11.0. The van der Waals surface area contributed by atoms with Gasteiger partial charge in [0.05, 0.1) is 18.8 Å². The molecule has 0 bridgehead atoms. The van der Waals surface area contributed by atoms with Crippen LogP contribution in [0.15, 0.2) is 42.5 Å². The van der Waals surface area contributed by atoms with Crippen LogP contribution >= 0.6 is 0 Å². The van der Waals surface area contributed by atoms with Gasteiger partial charge in [-0.2, -0.15) is 4.31 Å². The molecule has 29 heavy (non-hydrogen) atoms. The van der Waals surface area contributed by atoms with E-state index in [1.807, 2.05) is 6.07 Å². The van der Waals surface area contributed by atoms with Crippen molar-refractivity contribution in [2.45, 2.75) is 19.5 Å². The molecular weight excluding hydrogens is 399 g/mol. The van der Waals surface area contributed by atoms with Crippen LogP contribution in [-0.4, -0.2) is 44.6 Å². The number of hydrogen-bond acceptors (Lipinski definition) is 5. The van der Waals surface area contributed by atoms with Gasteiger partial charge >= 0.3 is 0 Å². The molecular formula is C20H23FN2O5S. The summed E-state index contributed by atoms with van der Waals surface area (Å²) in [5.41, 5.74) is 0.994. The topological polar surface area (TPSA) is 84.9 Å². The van der Waals surface area contributed by atoms with Gasteiger partial charge in [-0.25, -0.2) is 12.8 Å². The highest BCUT2D eigenvalue weighted by Gasteiger charge is 2.23. The molecule has 0 fully saturated rings. The number of nitrogens with zero attached hydrogens (tertiary/aromatic N) is 1. The number of carbonyl (C=O) groups is 1. The Hall–Kier alpha value is -2.65. The second-order valence-corrected chi connectivity index (χ2v) is 8.80. The first-order valence-electron chi connectivity index (χ1n) is 9.11. The molecule has 2 aromatic carbocycles. The first kappa shape index (κ1) is 21.1. The molecule has 3 rings (SSSR count). The van der Waals surface area contributed by atoms with Gasteiger partial charge in [0, 0.05) is 12.1 Å². The molecule has 1 heterocycles. The molecule has 1 N–H and O–H groups in total. The van der Waals surface area contributed by atoms with Crippen molar-refractivity contribution in [3.05, 3.63) is 59.4 Å². The van der Waals surface area contributed by atoms with Crippen molar-refractivity contribution >= 4 is 15.9 Å². The minimum absolute atomic E-state index is 0.200. The Kier molecular flexibility index (Phi) is 6.39. The predicted molar refractivity (Wildman–Crippen MR) is 106 cm³/mol. The molecule has 0 saturated carbocycles. The lowest BCUT2D eigenvalue weighted by Gasteiger charge is -2.23. The zero-order valence-electron chi connectivity index (χ0n) is 16.2. The third-order valence-corrected chi connectivity index (χ3v) is 5.73. The fraction of sp³-hybridized carbons (Fsp3) is 0.350. The molecule has 0 spiro atoms. The van der Waals surface area contributed by atoms with Gasteiger partial charge in [0.2, 0.25) is 15.9 Å². The maximum absolute atomic E-state index is 13.9. The Balaban J connectivity index is 1.67. The summed E-state index contributed by atoms with van der Waals surface area (Å²) in [6.45, 7) is 2.09. The van der Waals surface area contributed by atoms with Gasteiger partial charge in [-0.1, -0.05) is 24.3 Å². The van der Waals surface area contributed by atoms with E-state index < -0.39 is 28.3 Å². The van der Waals surface area contributed by atoms with Crippen molar-refractivity contribution in [1.82, 2.24) is 9.62 Å². The van der Waals surface area contributed by atoms with E-state index in [2.05, 4.69) is 5.32 Å². The van der Waals surface area contributed by atoms with E-state index in [0.717, 1.165) is 16.1 Å². The van der Waals surface area contributed by atoms with Gasteiger partial charge < -0.3 is 14.8 Å². The maximum Gasteiger partial charge on any atom is 0.235 e. The highest BCUT2D eigenvalue weighted by molar-refractivity contribution is 7.88. The van der Waals surface area contributed by atoms with E-state index in [-0.39, 0.29) is 18.2 Å². The van der Waals surface area contributed by atoms with Gasteiger partial charge in [-0.15, -0.1) is 0 Å². The number of fused-ring (bicyclic) bond motifs is 1. The summed E-state index contributed by atoms with van der Waals surface area (Å²) in [4.78, 5) is 12.5. The molecule has 9 heteroatoms. The zero-order chi connectivity index (χ0) is 21.0. The van der Waals surface area contributed by atoms with Crippen LogP contribution in [0.3, 0.4) is 0 Å². The van der Waals surface area contributed by atoms with Gasteiger partial charge in [0.15, 0.2) is 11.5 Å². The van der Waals surface area contributed by atoms with Crippen LogP contribution in [0.1, 0.15) is 24.1 Å². The lowest BCUT2D eigenvalue weighted by Crippen LogP contribution is -2.40. The van der Waals surface area contributed by atoms with Crippen molar-refractivity contribution in [3.8, 4) is 11.5 Å². The number of sulfonamides is 1. The van der Waals surface area contributed by atoms with E-state index in [0.29, 0.717) is 24.7 Å². The summed E-state index contributed by atoms with van der Waals surface area (Å²) >= 11 is 0. The summed E-state index contributed by atoms with van der Waals surface area (Å²) in [6, 6.07) is 10.9. The molecule has 7 nitrogen and oxygen atoms in total. The number of halogens is 1. The summed E-state index contributed by atoms with van der Waals surface area (Å²) < 4.78 is 50.1. The van der Waals surface area contributed by atoms with E-state index in [1.165, 1.54) is 18.2 Å². The zero-order valence-corrected chi connectivity index (χ0v) is 17.0. The minimum Gasteiger partial charge on any atom is -0.486 e. The van der Waals surface area contributed by atoms with Crippen molar-refractivity contribution in [2.24, 2.45) is 0 Å². The molecule has 1 atom stereocenters. The van der Waals surface area contributed by atoms with Crippen LogP contribution in [0.2, 0.25) is 0 Å². The molecule has 0 aromatic heterocycles. The average Bonchev–Trinajstić information content (AvgIpc) is 2.68. The van der Waals surface area contributed by atoms with E-state index in [9.17, 15) is 17.6 Å². The quantitative estimate of drug-likeness (QED) is 0.740. The Morgan fingerprint density at radius 2 is 1.86 bits per heavy atom. The fourth-order valence-electron chi connectivity index (χ4n) is 2.97. The fourth-order valence-corrected chi connectivity index (χ4v) is 3.69. The largest absolute Gasteiger partial charge is 0.486 e. The number of benzene rings is 2. The van der Waals surface area contributed by atoms with Crippen molar-refractivity contribution in [3.63, 3.8) is 0 Å². The standard InChI is InChI=1S/C20H23FN2O5S/c1-14(15-7-8-18-19(11-15)28-10-9-27-18)22-20(24)13-23(29(2,25)26)12-16-5-3-4-6-17(16)21/h3-8,11,14H,9-10,12-13H2,1-2H3,(H,22,24)/t14-/m0/s1. The van der Waals surface area contributed by atoms with Gasteiger partial charge in [-0.05, 0) is 30.7 Å². The number of carbonyl (C=O) groups excluding carboxylic acids is 1. The lowest BCUT2D eigenvalue weighted by molar-refractivity contribution is -0.122. The van der Waals surface area contributed by atoms with E-state index in [4.69, 9.17) is 9.47 Å². The Morgan fingerprint density at radius 1 is 1.17 bits per heavy atom. The normalized spacial score (nSPS) is 14.5. The van der Waals surface area contributed by atoms with Crippen LogP contribution in [0.4, 0.5) is 4.39 Å². The maximum atomic E-state index is 13.9. The molecule has 156 valence electrons. The Morgan fingerprint density at radius 3 is 2.55 bits per heavy atom. The van der Waals surface area contributed by atoms with Crippen LogP contribution < -0.4 is 14.8 Å². The SMILES string of the molecule is C[C@H](NC(=O)CN(Cc1ccccc1F)S(C)(=O)=O)c1ccc2c(c1)OCCO2. The number of hydrogen-bond donors (Lipinski definition) is 1. The number of ether oxygens (including phenoxy) is 2. The van der Waals surface area contributed by atoms with Crippen molar-refractivity contribution in [2.75, 3.05) is 26.0 Å². The van der Waals surface area contributed by atoms with Gasteiger partial charge in [0.25, 0.3) is 0 Å². The number of rotatable bonds is 7. The summed E-state index contributed by atoms with van der Waals surface area (Å²) in [6.07, 6.45) is 0.991. The molecule has 0 radical (unpaired) electrons. The highest BCUT2D eigenvalue weighted by Crippen LogP contribution is 2.32. The summed E-state index contributed by atoms with van der Waals surface area (Å²) in [7, 11) is -3.72. The lowest BCUT2D eigenvalue weighted by atomic mass is 10.1. The van der Waals surface area contributed by atoms with Crippen molar-refractivity contribution in [1.29, 1.82) is 0 Å². The smallest absolute Gasteiger partial charge is 0.235 e. The molecule has 0 unspecified atom stereocenters. The van der Waals surface area contributed by atoms with Crippen LogP contribution in [0.25, 0.3) is 0 Å². The number of nitrogens with one attached hydrogen (secondary N) is 1. The Bertz CT molecular complexity index is 996. The monoisotopic (exact) mass is 422 g/mol. The number of amides is 1. The predicted octanol–water partition coefficient (Wildman–Crippen LogP) is 2.24. The molecule has 2 aromatic rings. The van der Waals surface area contributed by atoms with Gasteiger partial charge in [0.1, 0.15) is 19.0 Å². The van der Waals surface area contributed by atoms with Gasteiger partial charge in [-0.3, -0.25) is 4.79 Å². The van der Waals surface area contributed by atoms with E-state index >= 15 is 0 Å². The van der Waals surface area contributed by atoms with Crippen LogP contribution in [0.5, 0.6) is 11.5 Å². The molecule has 1 aliphatic rings. The summed E-state index contributed by atoms with van der Waals surface area (Å²) in [5, 5.41) is 2.77. The second kappa shape index (κ2) is 8.79. The molecule has 0 saturated heterocycles. The minimum atomic E-state index is -3.72. The van der Waals surface area contributed by atoms with Crippen molar-refractivity contribution < 1.29 is 27.1 Å². The third kappa shape index (κ3) is 5.45.